The summed E-state index contributed by atoms with van der Waals surface area (Å²) in [5.74, 6) is -0.592. The molecule has 4 nitrogen and oxygen atoms in total. The molecule has 2 rings (SSSR count). The van der Waals surface area contributed by atoms with Gasteiger partial charge in [0.2, 0.25) is 11.8 Å². The molecule has 2 amide bonds. The molecule has 0 spiro atoms. The maximum absolute atomic E-state index is 12.8. The fourth-order valence-corrected chi connectivity index (χ4v) is 2.66. The summed E-state index contributed by atoms with van der Waals surface area (Å²) in [5, 5.41) is 2.78. The predicted octanol–water partition coefficient (Wildman–Crippen LogP) is 3.30. The maximum Gasteiger partial charge on any atom is 0.224 e. The minimum absolute atomic E-state index is 0.0964. The average Bonchev–Trinajstić information content (AvgIpc) is 2.53. The van der Waals surface area contributed by atoms with Crippen LogP contribution in [-0.4, -0.2) is 24.9 Å². The summed E-state index contributed by atoms with van der Waals surface area (Å²) in [5.41, 5.74) is 1.51. The lowest BCUT2D eigenvalue weighted by Gasteiger charge is -2.21. The molecule has 0 atom stereocenters. The predicted molar refractivity (Wildman–Crippen MR) is 95.3 cm³/mol. The monoisotopic (exact) mass is 392 g/mol. The van der Waals surface area contributed by atoms with E-state index in [1.54, 1.807) is 17.0 Å². The quantitative estimate of drug-likeness (QED) is 0.819. The average molecular weight is 393 g/mol. The van der Waals surface area contributed by atoms with Gasteiger partial charge < -0.3 is 10.2 Å². The highest BCUT2D eigenvalue weighted by Crippen LogP contribution is 2.19. The summed E-state index contributed by atoms with van der Waals surface area (Å²) in [7, 11) is 0. The SMILES string of the molecule is CC(=O)N(CCNC(=O)Cc1ccc(F)cc1)c1cccc(Br)c1. The van der Waals surface area contributed by atoms with Crippen LogP contribution in [-0.2, 0) is 16.0 Å². The van der Waals surface area contributed by atoms with E-state index >= 15 is 0 Å². The summed E-state index contributed by atoms with van der Waals surface area (Å²) in [6.45, 7) is 2.20. The van der Waals surface area contributed by atoms with Gasteiger partial charge in [0.15, 0.2) is 0 Å². The van der Waals surface area contributed by atoms with Gasteiger partial charge in [0, 0.05) is 30.2 Å². The van der Waals surface area contributed by atoms with Crippen molar-refractivity contribution in [3.63, 3.8) is 0 Å². The lowest BCUT2D eigenvalue weighted by Crippen LogP contribution is -2.38. The molecular weight excluding hydrogens is 375 g/mol. The number of rotatable bonds is 6. The van der Waals surface area contributed by atoms with E-state index in [0.29, 0.717) is 13.1 Å². The Kier molecular flexibility index (Phi) is 6.49. The van der Waals surface area contributed by atoms with Crippen molar-refractivity contribution in [2.45, 2.75) is 13.3 Å². The number of amides is 2. The molecule has 2 aromatic rings. The van der Waals surface area contributed by atoms with E-state index in [2.05, 4.69) is 21.2 Å². The van der Waals surface area contributed by atoms with Gasteiger partial charge in [-0.2, -0.15) is 0 Å². The van der Waals surface area contributed by atoms with Gasteiger partial charge in [0.05, 0.1) is 6.42 Å². The highest BCUT2D eigenvalue weighted by atomic mass is 79.9. The molecule has 0 heterocycles. The molecule has 0 fully saturated rings. The van der Waals surface area contributed by atoms with Crippen LogP contribution >= 0.6 is 15.9 Å². The first-order chi connectivity index (χ1) is 11.5. The number of halogens is 2. The normalized spacial score (nSPS) is 10.3. The minimum atomic E-state index is -0.328. The number of nitrogens with zero attached hydrogens (tertiary/aromatic N) is 1. The zero-order valence-electron chi connectivity index (χ0n) is 13.3. The standard InChI is InChI=1S/C18H18BrFN2O2/c1-13(23)22(17-4-2-3-15(19)12-17)10-9-21-18(24)11-14-5-7-16(20)8-6-14/h2-8,12H,9-11H2,1H3,(H,21,24). The zero-order chi connectivity index (χ0) is 17.5. The van der Waals surface area contributed by atoms with Gasteiger partial charge in [0.1, 0.15) is 5.82 Å². The second-order valence-corrected chi connectivity index (χ2v) is 6.22. The number of nitrogens with one attached hydrogen (secondary N) is 1. The first-order valence-electron chi connectivity index (χ1n) is 7.50. The topological polar surface area (TPSA) is 49.4 Å². The molecule has 0 bridgehead atoms. The first kappa shape index (κ1) is 18.1. The molecule has 0 aliphatic heterocycles. The Morgan fingerprint density at radius 3 is 2.50 bits per heavy atom. The van der Waals surface area contributed by atoms with Crippen LogP contribution in [0.5, 0.6) is 0 Å². The van der Waals surface area contributed by atoms with Gasteiger partial charge in [-0.05, 0) is 35.9 Å². The number of carbonyl (C=O) groups is 2. The van der Waals surface area contributed by atoms with Crippen LogP contribution in [0.15, 0.2) is 53.0 Å². The fraction of sp³-hybridized carbons (Fsp3) is 0.222. The molecule has 24 heavy (non-hydrogen) atoms. The number of hydrogen-bond donors (Lipinski definition) is 1. The van der Waals surface area contributed by atoms with Crippen molar-refractivity contribution in [1.82, 2.24) is 5.32 Å². The Bertz CT molecular complexity index is 719. The highest BCUT2D eigenvalue weighted by Gasteiger charge is 2.12. The van der Waals surface area contributed by atoms with Gasteiger partial charge in [-0.1, -0.05) is 34.1 Å². The van der Waals surface area contributed by atoms with Crippen molar-refractivity contribution in [1.29, 1.82) is 0 Å². The molecular formula is C18H18BrFN2O2. The third-order valence-corrected chi connectivity index (χ3v) is 3.93. The molecule has 0 saturated heterocycles. The van der Waals surface area contributed by atoms with Crippen LogP contribution in [0.25, 0.3) is 0 Å². The fourth-order valence-electron chi connectivity index (χ4n) is 2.27. The van der Waals surface area contributed by atoms with Crippen molar-refractivity contribution in [3.8, 4) is 0 Å². The van der Waals surface area contributed by atoms with Crippen LogP contribution in [0.4, 0.5) is 10.1 Å². The van der Waals surface area contributed by atoms with E-state index in [9.17, 15) is 14.0 Å². The van der Waals surface area contributed by atoms with Gasteiger partial charge in [0.25, 0.3) is 0 Å². The Morgan fingerprint density at radius 2 is 1.88 bits per heavy atom. The molecule has 6 heteroatoms. The summed E-state index contributed by atoms with van der Waals surface area (Å²) < 4.78 is 13.7. The molecule has 126 valence electrons. The van der Waals surface area contributed by atoms with Gasteiger partial charge >= 0.3 is 0 Å². The van der Waals surface area contributed by atoms with Crippen LogP contribution in [0.2, 0.25) is 0 Å². The van der Waals surface area contributed by atoms with Gasteiger partial charge in [-0.3, -0.25) is 9.59 Å². The van der Waals surface area contributed by atoms with Crippen molar-refractivity contribution >= 4 is 33.4 Å². The largest absolute Gasteiger partial charge is 0.354 e. The highest BCUT2D eigenvalue weighted by molar-refractivity contribution is 9.10. The third kappa shape index (κ3) is 5.45. The second kappa shape index (κ2) is 8.59. The molecule has 0 aliphatic rings. The van der Waals surface area contributed by atoms with Crippen molar-refractivity contribution in [2.24, 2.45) is 0 Å². The van der Waals surface area contributed by atoms with Crippen molar-refractivity contribution in [2.75, 3.05) is 18.0 Å². The van der Waals surface area contributed by atoms with Crippen LogP contribution in [0, 0.1) is 5.82 Å². The summed E-state index contributed by atoms with van der Waals surface area (Å²) in [6, 6.07) is 13.2. The number of hydrogen-bond acceptors (Lipinski definition) is 2. The molecule has 0 saturated carbocycles. The van der Waals surface area contributed by atoms with Crippen molar-refractivity contribution in [3.05, 3.63) is 64.4 Å². The molecule has 0 radical (unpaired) electrons. The van der Waals surface area contributed by atoms with Crippen LogP contribution in [0.1, 0.15) is 12.5 Å². The zero-order valence-corrected chi connectivity index (χ0v) is 14.8. The lowest BCUT2D eigenvalue weighted by atomic mass is 10.1. The minimum Gasteiger partial charge on any atom is -0.354 e. The smallest absolute Gasteiger partial charge is 0.224 e. The Hall–Kier alpha value is -2.21. The molecule has 1 N–H and O–H groups in total. The van der Waals surface area contributed by atoms with Crippen molar-refractivity contribution < 1.29 is 14.0 Å². The lowest BCUT2D eigenvalue weighted by molar-refractivity contribution is -0.121. The summed E-state index contributed by atoms with van der Waals surface area (Å²) >= 11 is 3.38. The third-order valence-electron chi connectivity index (χ3n) is 3.44. The van der Waals surface area contributed by atoms with Gasteiger partial charge in [-0.15, -0.1) is 0 Å². The van der Waals surface area contributed by atoms with Crippen LogP contribution < -0.4 is 10.2 Å². The van der Waals surface area contributed by atoms with Gasteiger partial charge in [-0.25, -0.2) is 4.39 Å². The second-order valence-electron chi connectivity index (χ2n) is 5.30. The Labute approximate surface area is 148 Å². The van der Waals surface area contributed by atoms with E-state index in [1.807, 2.05) is 24.3 Å². The molecule has 0 aliphatic carbocycles. The molecule has 2 aromatic carbocycles. The van der Waals surface area contributed by atoms with E-state index in [0.717, 1.165) is 15.7 Å². The van der Waals surface area contributed by atoms with E-state index < -0.39 is 0 Å². The van der Waals surface area contributed by atoms with E-state index in [1.165, 1.54) is 19.1 Å². The summed E-state index contributed by atoms with van der Waals surface area (Å²) in [4.78, 5) is 25.3. The maximum atomic E-state index is 12.8. The van der Waals surface area contributed by atoms with Crippen LogP contribution in [0.3, 0.4) is 0 Å². The molecule has 0 unspecified atom stereocenters. The number of carbonyl (C=O) groups excluding carboxylic acids is 2. The first-order valence-corrected chi connectivity index (χ1v) is 8.30. The van der Waals surface area contributed by atoms with E-state index in [-0.39, 0.29) is 24.1 Å². The summed E-state index contributed by atoms with van der Waals surface area (Å²) in [6.07, 6.45) is 0.178. The molecule has 0 aromatic heterocycles. The Balaban J connectivity index is 1.87. The number of benzene rings is 2. The van der Waals surface area contributed by atoms with E-state index in [4.69, 9.17) is 0 Å². The number of anilines is 1. The Morgan fingerprint density at radius 1 is 1.17 bits per heavy atom.